The van der Waals surface area contributed by atoms with Crippen molar-refractivity contribution < 1.29 is 9.59 Å². The van der Waals surface area contributed by atoms with Gasteiger partial charge in [0.25, 0.3) is 5.91 Å². The summed E-state index contributed by atoms with van der Waals surface area (Å²) in [5, 5.41) is 14.0. The van der Waals surface area contributed by atoms with Crippen LogP contribution in [0.25, 0.3) is 10.8 Å². The van der Waals surface area contributed by atoms with Crippen molar-refractivity contribution in [2.45, 2.75) is 19.3 Å². The number of rotatable bonds is 4. The number of fused-ring (bicyclic) bond motifs is 1. The van der Waals surface area contributed by atoms with Gasteiger partial charge in [-0.2, -0.15) is 5.26 Å². The number of hydrogen-bond donors (Lipinski definition) is 1. The van der Waals surface area contributed by atoms with E-state index in [1.54, 1.807) is 0 Å². The molecule has 0 atom stereocenters. The Balaban J connectivity index is 1.38. The normalized spacial score (nSPS) is 16.2. The first-order chi connectivity index (χ1) is 16.1. The van der Waals surface area contributed by atoms with E-state index in [2.05, 4.69) is 16.3 Å². The molecule has 2 amide bonds. The molecule has 3 aromatic carbocycles. The van der Waals surface area contributed by atoms with Crippen LogP contribution in [0.2, 0.25) is 0 Å². The summed E-state index contributed by atoms with van der Waals surface area (Å²) in [4.78, 5) is 30.3. The fourth-order valence-corrected chi connectivity index (χ4v) is 4.40. The van der Waals surface area contributed by atoms with Crippen molar-refractivity contribution in [2.24, 2.45) is 5.92 Å². The summed E-state index contributed by atoms with van der Waals surface area (Å²) in [7, 11) is 0. The topological polar surface area (TPSA) is 76.4 Å². The van der Waals surface area contributed by atoms with E-state index < -0.39 is 0 Å². The Kier molecular flexibility index (Phi) is 5.70. The van der Waals surface area contributed by atoms with Crippen LogP contribution in [0, 0.1) is 17.2 Å². The van der Waals surface area contributed by atoms with Gasteiger partial charge < -0.3 is 15.1 Å². The zero-order valence-electron chi connectivity index (χ0n) is 18.5. The summed E-state index contributed by atoms with van der Waals surface area (Å²) >= 11 is 0. The molecule has 6 nitrogen and oxygen atoms in total. The van der Waals surface area contributed by atoms with Gasteiger partial charge in [-0.25, -0.2) is 0 Å². The van der Waals surface area contributed by atoms with Crippen molar-refractivity contribution in [3.8, 4) is 6.07 Å². The number of nitrogens with zero attached hydrogens (tertiary/aromatic N) is 3. The molecule has 1 aliphatic carbocycles. The third kappa shape index (κ3) is 4.54. The molecular formula is C27H26N4O2. The Bertz CT molecular complexity index is 1240. The molecule has 166 valence electrons. The first kappa shape index (κ1) is 21.0. The maximum absolute atomic E-state index is 13.6. The van der Waals surface area contributed by atoms with E-state index in [0.29, 0.717) is 29.9 Å². The minimum absolute atomic E-state index is 0.00203. The fraction of sp³-hybridized carbons (Fsp3) is 0.296. The van der Waals surface area contributed by atoms with Gasteiger partial charge in [0, 0.05) is 37.8 Å². The smallest absolute Gasteiger partial charge is 0.256 e. The largest absolute Gasteiger partial charge is 0.370 e. The molecule has 0 aromatic heterocycles. The molecule has 1 aliphatic heterocycles. The van der Waals surface area contributed by atoms with Crippen LogP contribution in [0.4, 0.5) is 11.4 Å². The summed E-state index contributed by atoms with van der Waals surface area (Å²) in [5.74, 6) is 0.0225. The summed E-state index contributed by atoms with van der Waals surface area (Å²) in [6.45, 7) is 2.82. The van der Waals surface area contributed by atoms with Gasteiger partial charge in [-0.1, -0.05) is 24.3 Å². The van der Waals surface area contributed by atoms with Crippen molar-refractivity contribution in [1.29, 1.82) is 5.26 Å². The molecule has 6 heteroatoms. The Morgan fingerprint density at radius 1 is 0.909 bits per heavy atom. The van der Waals surface area contributed by atoms with E-state index in [4.69, 9.17) is 5.26 Å². The van der Waals surface area contributed by atoms with E-state index in [1.165, 1.54) is 0 Å². The van der Waals surface area contributed by atoms with Crippen LogP contribution >= 0.6 is 0 Å². The third-order valence-corrected chi connectivity index (χ3v) is 6.47. The van der Waals surface area contributed by atoms with Crippen LogP contribution < -0.4 is 10.2 Å². The minimum atomic E-state index is -0.0477. The molecule has 0 radical (unpaired) electrons. The number of anilines is 2. The number of carbonyl (C=O) groups excluding carboxylic acids is 2. The van der Waals surface area contributed by atoms with Crippen LogP contribution in [0.3, 0.4) is 0 Å². The van der Waals surface area contributed by atoms with E-state index in [-0.39, 0.29) is 17.7 Å². The van der Waals surface area contributed by atoms with Crippen LogP contribution in [0.15, 0.2) is 60.7 Å². The summed E-state index contributed by atoms with van der Waals surface area (Å²) in [6, 6.07) is 21.5. The highest BCUT2D eigenvalue weighted by Gasteiger charge is 2.31. The zero-order valence-corrected chi connectivity index (χ0v) is 18.5. The molecule has 1 heterocycles. The Morgan fingerprint density at radius 3 is 2.33 bits per heavy atom. The van der Waals surface area contributed by atoms with Gasteiger partial charge in [-0.15, -0.1) is 0 Å². The minimum Gasteiger partial charge on any atom is -0.370 e. The molecule has 2 aliphatic rings. The van der Waals surface area contributed by atoms with E-state index in [0.717, 1.165) is 48.8 Å². The van der Waals surface area contributed by atoms with Gasteiger partial charge in [-0.05, 0) is 66.4 Å². The second-order valence-electron chi connectivity index (χ2n) is 8.80. The summed E-state index contributed by atoms with van der Waals surface area (Å²) < 4.78 is 0. The maximum Gasteiger partial charge on any atom is 0.256 e. The average molecular weight is 439 g/mol. The van der Waals surface area contributed by atoms with Gasteiger partial charge in [0.05, 0.1) is 22.9 Å². The molecule has 0 bridgehead atoms. The van der Waals surface area contributed by atoms with Crippen molar-refractivity contribution in [3.63, 3.8) is 0 Å². The molecule has 1 saturated carbocycles. The van der Waals surface area contributed by atoms with Gasteiger partial charge in [0.15, 0.2) is 0 Å². The highest BCUT2D eigenvalue weighted by molar-refractivity contribution is 6.08. The van der Waals surface area contributed by atoms with Crippen LogP contribution in [0.1, 0.15) is 35.2 Å². The van der Waals surface area contributed by atoms with Gasteiger partial charge in [0.2, 0.25) is 5.91 Å². The number of amides is 2. The lowest BCUT2D eigenvalue weighted by atomic mass is 10.0. The van der Waals surface area contributed by atoms with Crippen molar-refractivity contribution in [2.75, 3.05) is 36.4 Å². The van der Waals surface area contributed by atoms with Crippen molar-refractivity contribution >= 4 is 34.0 Å². The molecule has 0 spiro atoms. The maximum atomic E-state index is 13.6. The van der Waals surface area contributed by atoms with Crippen LogP contribution in [0.5, 0.6) is 0 Å². The highest BCUT2D eigenvalue weighted by atomic mass is 16.2. The van der Waals surface area contributed by atoms with E-state index >= 15 is 0 Å². The zero-order chi connectivity index (χ0) is 22.8. The Labute approximate surface area is 193 Å². The quantitative estimate of drug-likeness (QED) is 0.655. The number of benzene rings is 3. The molecule has 3 aromatic rings. The summed E-state index contributed by atoms with van der Waals surface area (Å²) in [6.07, 6.45) is 2.68. The standard InChI is InChI=1S/C27H26N4O2/c28-18-19-6-10-23(11-7-19)30-12-3-13-31(15-14-30)27(33)24-16-21-4-1-2-5-22(21)17-25(24)29-26(32)20-8-9-20/h1-2,4-7,10-11,16-17,20H,3,8-9,12-15H2,(H,29,32). The van der Waals surface area contributed by atoms with E-state index in [1.807, 2.05) is 65.6 Å². The Hall–Kier alpha value is -3.85. The molecule has 5 rings (SSSR count). The van der Waals surface area contributed by atoms with Crippen LogP contribution in [-0.4, -0.2) is 42.9 Å². The van der Waals surface area contributed by atoms with Gasteiger partial charge in [0.1, 0.15) is 0 Å². The SMILES string of the molecule is N#Cc1ccc(N2CCCN(C(=O)c3cc4ccccc4cc3NC(=O)C3CC3)CC2)cc1. The second-order valence-corrected chi connectivity index (χ2v) is 8.80. The van der Waals surface area contributed by atoms with Crippen LogP contribution in [-0.2, 0) is 4.79 Å². The van der Waals surface area contributed by atoms with Gasteiger partial charge in [-0.3, -0.25) is 9.59 Å². The number of hydrogen-bond acceptors (Lipinski definition) is 4. The van der Waals surface area contributed by atoms with Gasteiger partial charge >= 0.3 is 0 Å². The monoisotopic (exact) mass is 438 g/mol. The molecule has 1 saturated heterocycles. The first-order valence-corrected chi connectivity index (χ1v) is 11.5. The highest BCUT2D eigenvalue weighted by Crippen LogP contribution is 2.32. The average Bonchev–Trinajstić information content (AvgIpc) is 3.71. The lowest BCUT2D eigenvalue weighted by Gasteiger charge is -2.24. The summed E-state index contributed by atoms with van der Waals surface area (Å²) in [5.41, 5.74) is 2.85. The molecule has 0 unspecified atom stereocenters. The lowest BCUT2D eigenvalue weighted by molar-refractivity contribution is -0.117. The van der Waals surface area contributed by atoms with E-state index in [9.17, 15) is 9.59 Å². The lowest BCUT2D eigenvalue weighted by Crippen LogP contribution is -2.35. The Morgan fingerprint density at radius 2 is 1.64 bits per heavy atom. The molecule has 1 N–H and O–H groups in total. The predicted octanol–water partition coefficient (Wildman–Crippen LogP) is 4.41. The predicted molar refractivity (Wildman–Crippen MR) is 129 cm³/mol. The van der Waals surface area contributed by atoms with Crippen molar-refractivity contribution in [3.05, 3.63) is 71.8 Å². The first-order valence-electron chi connectivity index (χ1n) is 11.5. The fourth-order valence-electron chi connectivity index (χ4n) is 4.40. The molecular weight excluding hydrogens is 412 g/mol. The number of nitriles is 1. The number of carbonyl (C=O) groups is 2. The number of nitrogens with one attached hydrogen (secondary N) is 1. The molecule has 2 fully saturated rings. The second kappa shape index (κ2) is 8.95. The molecule has 33 heavy (non-hydrogen) atoms. The third-order valence-electron chi connectivity index (χ3n) is 6.47. The van der Waals surface area contributed by atoms with Crippen molar-refractivity contribution in [1.82, 2.24) is 4.90 Å².